The first-order valence-corrected chi connectivity index (χ1v) is 31.3. The number of hydrogen-bond donors (Lipinski definition) is 0. The van der Waals surface area contributed by atoms with Crippen LogP contribution in [0.3, 0.4) is 0 Å². The Balaban J connectivity index is 0.812. The molecule has 18 rings (SSSR count). The molecule has 1 heterocycles. The smallest absolute Gasteiger partial charge is 0.164 e. The van der Waals surface area contributed by atoms with E-state index >= 15 is 0 Å². The van der Waals surface area contributed by atoms with Crippen molar-refractivity contribution in [3.63, 3.8) is 0 Å². The maximum Gasteiger partial charge on any atom is 0.164 e. The maximum atomic E-state index is 5.30. The van der Waals surface area contributed by atoms with E-state index in [1.165, 1.54) is 75.8 Å². The van der Waals surface area contributed by atoms with Crippen LogP contribution in [0.15, 0.2) is 273 Å². The van der Waals surface area contributed by atoms with Gasteiger partial charge in [0, 0.05) is 32.9 Å². The van der Waals surface area contributed by atoms with Crippen molar-refractivity contribution in [3.8, 4) is 101 Å². The number of hydrogen-bond acceptors (Lipinski definition) is 3. The molecule has 3 nitrogen and oxygen atoms in total. The largest absolute Gasteiger partial charge is 0.208 e. The molecule has 86 heavy (non-hydrogen) atoms. The fourth-order valence-corrected chi connectivity index (χ4v) is 18.8. The number of nitrogens with zero attached hydrogens (tertiary/aromatic N) is 3. The molecule has 6 bridgehead atoms. The third kappa shape index (κ3) is 7.49. The Morgan fingerprint density at radius 2 is 0.593 bits per heavy atom. The molecule has 3 saturated carbocycles. The van der Waals surface area contributed by atoms with E-state index in [1.54, 1.807) is 27.8 Å². The molecule has 410 valence electrons. The zero-order chi connectivity index (χ0) is 56.6. The molecule has 12 aromatic rings. The molecule has 11 aromatic carbocycles. The molecule has 1 aromatic heterocycles. The van der Waals surface area contributed by atoms with E-state index in [0.717, 1.165) is 58.2 Å². The Hall–Kier alpha value is -9.57. The summed E-state index contributed by atoms with van der Waals surface area (Å²) in [5.41, 5.74) is 27.6. The van der Waals surface area contributed by atoms with Gasteiger partial charge in [-0.2, -0.15) is 0 Å². The van der Waals surface area contributed by atoms with Crippen molar-refractivity contribution < 1.29 is 0 Å². The average Bonchev–Trinajstić information content (AvgIpc) is 1.37. The second-order valence-electron chi connectivity index (χ2n) is 25.9. The second-order valence-corrected chi connectivity index (χ2v) is 25.9. The van der Waals surface area contributed by atoms with Crippen LogP contribution in [-0.4, -0.2) is 15.0 Å². The van der Waals surface area contributed by atoms with Gasteiger partial charge in [0.2, 0.25) is 0 Å². The van der Waals surface area contributed by atoms with Crippen molar-refractivity contribution in [2.45, 2.75) is 78.9 Å². The number of aromatic nitrogens is 3. The first kappa shape index (κ1) is 49.8. The van der Waals surface area contributed by atoms with Gasteiger partial charge in [-0.25, -0.2) is 15.0 Å². The Morgan fingerprint density at radius 3 is 1.14 bits per heavy atom. The summed E-state index contributed by atoms with van der Waals surface area (Å²) < 4.78 is 0. The van der Waals surface area contributed by atoms with Crippen LogP contribution >= 0.6 is 0 Å². The van der Waals surface area contributed by atoms with Gasteiger partial charge in [0.15, 0.2) is 17.5 Å². The van der Waals surface area contributed by atoms with Crippen molar-refractivity contribution in [1.82, 2.24) is 15.0 Å². The quantitative estimate of drug-likeness (QED) is 0.167. The van der Waals surface area contributed by atoms with Gasteiger partial charge in [0.05, 0.1) is 0 Å². The Morgan fingerprint density at radius 1 is 0.244 bits per heavy atom. The van der Waals surface area contributed by atoms with E-state index in [0.29, 0.717) is 41.1 Å². The van der Waals surface area contributed by atoms with Crippen LogP contribution in [0.2, 0.25) is 0 Å². The van der Waals surface area contributed by atoms with Crippen LogP contribution in [0.4, 0.5) is 0 Å². The van der Waals surface area contributed by atoms with Crippen molar-refractivity contribution in [2.24, 2.45) is 5.92 Å². The van der Waals surface area contributed by atoms with Crippen molar-refractivity contribution >= 4 is 0 Å². The fourth-order valence-electron chi connectivity index (χ4n) is 18.8. The standard InChI is InChI=1S/C83H63N3/c1-3-19-53(20-4-1)57-23-17-25-60(45-57)78-84-77(85-79(86-78)61-26-18-24-58(46-61)54-21-5-2-6-22-54)56-39-37-55(38-40-56)59-41-42-76-73(47-59)70-32-12-9-29-67(70)64-51-82-48-62(65-27-7-10-30-68(65)72-34-14-16-36-75(72)82)43-44-81-49-63(50-83(76,52-64)80(81)82)66-28-8-11-31-69(66)71-33-13-15-35-74(71)81/h1-42,45-47,62-64,80H,43-44,48-52H2. The van der Waals surface area contributed by atoms with Crippen LogP contribution in [0.25, 0.3) is 101 Å². The van der Waals surface area contributed by atoms with Gasteiger partial charge in [-0.1, -0.05) is 255 Å². The number of benzene rings is 11. The average molecular weight is 1100 g/mol. The van der Waals surface area contributed by atoms with Gasteiger partial charge in [-0.05, 0) is 187 Å². The summed E-state index contributed by atoms with van der Waals surface area (Å²) >= 11 is 0. The van der Waals surface area contributed by atoms with Crippen molar-refractivity contribution in [1.29, 1.82) is 0 Å². The molecule has 0 aliphatic heterocycles. The van der Waals surface area contributed by atoms with Gasteiger partial charge in [-0.3, -0.25) is 0 Å². The molecule has 3 heteroatoms. The number of fused-ring (bicyclic) bond motifs is 15. The molecular formula is C83H63N3. The van der Waals surface area contributed by atoms with Gasteiger partial charge in [0.1, 0.15) is 0 Å². The molecule has 6 aliphatic carbocycles. The summed E-state index contributed by atoms with van der Waals surface area (Å²) in [5.74, 6) is 3.54. The lowest BCUT2D eigenvalue weighted by molar-refractivity contribution is -0.0410. The number of rotatable bonds is 6. The Kier molecular flexibility index (Phi) is 11.1. The van der Waals surface area contributed by atoms with Gasteiger partial charge < -0.3 is 0 Å². The lowest BCUT2D eigenvalue weighted by Gasteiger charge is -2.67. The summed E-state index contributed by atoms with van der Waals surface area (Å²) in [6.45, 7) is 0. The molecule has 3 spiro atoms. The zero-order valence-corrected chi connectivity index (χ0v) is 48.1. The Bertz CT molecular complexity index is 4580. The summed E-state index contributed by atoms with van der Waals surface area (Å²) in [5, 5.41) is 0. The Labute approximate surface area is 504 Å². The molecule has 6 aliphatic rings. The summed E-state index contributed by atoms with van der Waals surface area (Å²) in [6.07, 6.45) is 8.19. The lowest BCUT2D eigenvalue weighted by atomic mass is 9.36. The normalized spacial score (nSPS) is 23.2. The van der Waals surface area contributed by atoms with Crippen LogP contribution < -0.4 is 0 Å². The second kappa shape index (κ2) is 19.2. The monoisotopic (exact) mass is 1100 g/mol. The van der Waals surface area contributed by atoms with Gasteiger partial charge in [0.25, 0.3) is 0 Å². The maximum absolute atomic E-state index is 5.30. The van der Waals surface area contributed by atoms with E-state index in [-0.39, 0.29) is 16.2 Å². The highest BCUT2D eigenvalue weighted by Crippen LogP contribution is 2.77. The summed E-state index contributed by atoms with van der Waals surface area (Å²) in [7, 11) is 0. The highest BCUT2D eigenvalue weighted by molar-refractivity contribution is 5.84. The van der Waals surface area contributed by atoms with E-state index in [1.807, 2.05) is 0 Å². The predicted molar refractivity (Wildman–Crippen MR) is 351 cm³/mol. The topological polar surface area (TPSA) is 38.7 Å². The van der Waals surface area contributed by atoms with E-state index in [9.17, 15) is 0 Å². The molecule has 0 radical (unpaired) electrons. The molecule has 7 atom stereocenters. The highest BCUT2D eigenvalue weighted by Gasteiger charge is 2.71. The van der Waals surface area contributed by atoms with E-state index in [2.05, 4.69) is 273 Å². The van der Waals surface area contributed by atoms with E-state index < -0.39 is 0 Å². The third-order valence-corrected chi connectivity index (χ3v) is 21.8. The van der Waals surface area contributed by atoms with Crippen LogP contribution in [-0.2, 0) is 16.2 Å². The molecule has 7 unspecified atom stereocenters. The first-order valence-electron chi connectivity index (χ1n) is 31.3. The minimum Gasteiger partial charge on any atom is -0.208 e. The molecule has 0 N–H and O–H groups in total. The zero-order valence-electron chi connectivity index (χ0n) is 48.1. The van der Waals surface area contributed by atoms with Crippen molar-refractivity contribution in [3.05, 3.63) is 306 Å². The van der Waals surface area contributed by atoms with Crippen LogP contribution in [0.1, 0.15) is 96.1 Å². The van der Waals surface area contributed by atoms with Crippen LogP contribution in [0, 0.1) is 5.92 Å². The minimum absolute atomic E-state index is 0.0654. The van der Waals surface area contributed by atoms with Gasteiger partial charge >= 0.3 is 0 Å². The molecular weight excluding hydrogens is 1040 g/mol. The first-order chi connectivity index (χ1) is 42.5. The highest BCUT2D eigenvalue weighted by atomic mass is 15.0. The van der Waals surface area contributed by atoms with E-state index in [4.69, 9.17) is 15.0 Å². The van der Waals surface area contributed by atoms with Crippen molar-refractivity contribution in [2.75, 3.05) is 0 Å². The molecule has 0 saturated heterocycles. The molecule has 0 amide bonds. The van der Waals surface area contributed by atoms with Gasteiger partial charge in [-0.15, -0.1) is 0 Å². The molecule has 3 fully saturated rings. The lowest BCUT2D eigenvalue weighted by Crippen LogP contribution is -2.64. The fraction of sp³-hybridized carbons (Fsp3) is 0.169. The predicted octanol–water partition coefficient (Wildman–Crippen LogP) is 20.7. The summed E-state index contributed by atoms with van der Waals surface area (Å²) in [4.78, 5) is 15.8. The third-order valence-electron chi connectivity index (χ3n) is 21.8. The van der Waals surface area contributed by atoms with Crippen LogP contribution in [0.5, 0.6) is 0 Å². The minimum atomic E-state index is -0.138. The SMILES string of the molecule is c1ccc(-c2cccc(-c3nc(-c4ccc(-c5ccc6c(c5)-c5ccccc5C5CC78CC(CCC9%10CC(CC6(C5)C97)c5ccccc5-c5ccccc5%10)c5ccccc5-c5ccccc58)cc4)nc(-c4cccc(-c5ccccc5)c4)n3)c2)cc1. The summed E-state index contributed by atoms with van der Waals surface area (Å²) in [6, 6.07) is 103.